The number of pyridine rings is 1. The first kappa shape index (κ1) is 13.9. The van der Waals surface area contributed by atoms with Gasteiger partial charge in [0.2, 0.25) is 0 Å². The van der Waals surface area contributed by atoms with Crippen LogP contribution in [-0.4, -0.2) is 10.5 Å². The zero-order valence-electron chi connectivity index (χ0n) is 9.45. The first-order chi connectivity index (χ1) is 8.91. The van der Waals surface area contributed by atoms with Crippen molar-refractivity contribution in [2.75, 3.05) is 0 Å². The Morgan fingerprint density at radius 2 is 1.95 bits per heavy atom. The van der Waals surface area contributed by atoms with Crippen molar-refractivity contribution in [1.82, 2.24) is 4.57 Å². The Labute approximate surface area is 123 Å². The van der Waals surface area contributed by atoms with Crippen LogP contribution in [0.3, 0.4) is 0 Å². The topological polar surface area (TPSA) is 71.9 Å². The van der Waals surface area contributed by atoms with Gasteiger partial charge in [-0.1, -0.05) is 40.9 Å². The van der Waals surface area contributed by atoms with E-state index in [-0.39, 0.29) is 21.1 Å². The fourth-order valence-electron chi connectivity index (χ4n) is 1.62. The molecule has 0 aliphatic heterocycles. The van der Waals surface area contributed by atoms with E-state index in [0.29, 0.717) is 10.7 Å². The molecule has 0 fully saturated rings. The molecule has 1 aromatic heterocycles. The molecule has 0 atom stereocenters. The fourth-order valence-corrected chi connectivity index (χ4v) is 2.21. The highest BCUT2D eigenvalue weighted by Crippen LogP contribution is 2.28. The number of carbonyl (C=O) groups is 1. The van der Waals surface area contributed by atoms with Crippen molar-refractivity contribution in [3.8, 4) is 5.69 Å². The zero-order chi connectivity index (χ0) is 14.2. The summed E-state index contributed by atoms with van der Waals surface area (Å²) in [4.78, 5) is 11.3. The molecule has 19 heavy (non-hydrogen) atoms. The number of nitrogens with zero attached hydrogens (tertiary/aromatic N) is 1. The summed E-state index contributed by atoms with van der Waals surface area (Å²) < 4.78 is 1.36. The van der Waals surface area contributed by atoms with Crippen molar-refractivity contribution in [2.45, 2.75) is 0 Å². The van der Waals surface area contributed by atoms with Crippen LogP contribution in [0, 0.1) is 5.41 Å². The molecule has 0 saturated carbocycles. The third kappa shape index (κ3) is 2.61. The van der Waals surface area contributed by atoms with E-state index in [1.807, 2.05) is 0 Å². The lowest BCUT2D eigenvalue weighted by molar-refractivity contribution is 0.0998. The number of hydrogen-bond donors (Lipinski definition) is 2. The van der Waals surface area contributed by atoms with E-state index in [1.165, 1.54) is 16.8 Å². The molecule has 1 aromatic carbocycles. The summed E-state index contributed by atoms with van der Waals surface area (Å²) in [5.74, 6) is -0.737. The first-order valence-corrected chi connectivity index (χ1v) is 6.26. The Morgan fingerprint density at radius 1 is 1.26 bits per heavy atom. The first-order valence-electron chi connectivity index (χ1n) is 5.13. The van der Waals surface area contributed by atoms with Gasteiger partial charge in [0.15, 0.2) is 0 Å². The highest BCUT2D eigenvalue weighted by atomic mass is 35.5. The Hall–Kier alpha value is -1.49. The maximum absolute atomic E-state index is 11.3. The van der Waals surface area contributed by atoms with Crippen molar-refractivity contribution >= 4 is 40.7 Å². The molecule has 1 amide bonds. The number of nitrogens with one attached hydrogen (secondary N) is 1. The second kappa shape index (κ2) is 5.25. The Kier molecular flexibility index (Phi) is 3.85. The van der Waals surface area contributed by atoms with Gasteiger partial charge in [0, 0.05) is 6.20 Å². The minimum absolute atomic E-state index is 0.00328. The number of halogens is 3. The Morgan fingerprint density at radius 3 is 2.58 bits per heavy atom. The zero-order valence-corrected chi connectivity index (χ0v) is 11.7. The number of carbonyl (C=O) groups excluding carboxylic acids is 1. The predicted molar refractivity (Wildman–Crippen MR) is 75.2 cm³/mol. The minimum atomic E-state index is -0.737. The minimum Gasteiger partial charge on any atom is -0.365 e. The fraction of sp³-hybridized carbons (Fsp3) is 0. The number of aromatic nitrogens is 1. The third-order valence-electron chi connectivity index (χ3n) is 2.49. The van der Waals surface area contributed by atoms with Gasteiger partial charge in [0.1, 0.15) is 5.49 Å². The molecule has 2 rings (SSSR count). The van der Waals surface area contributed by atoms with Crippen molar-refractivity contribution < 1.29 is 4.79 Å². The molecule has 4 nitrogen and oxygen atoms in total. The molecule has 1 heterocycles. The average molecular weight is 317 g/mol. The summed E-state index contributed by atoms with van der Waals surface area (Å²) in [6.07, 6.45) is 1.47. The van der Waals surface area contributed by atoms with E-state index < -0.39 is 5.91 Å². The largest absolute Gasteiger partial charge is 0.365 e. The van der Waals surface area contributed by atoms with Crippen LogP contribution in [-0.2, 0) is 0 Å². The number of primary amides is 1. The molecule has 7 heteroatoms. The van der Waals surface area contributed by atoms with Gasteiger partial charge in [0.05, 0.1) is 26.3 Å². The monoisotopic (exact) mass is 315 g/mol. The van der Waals surface area contributed by atoms with Crippen molar-refractivity contribution in [3.05, 3.63) is 56.6 Å². The summed E-state index contributed by atoms with van der Waals surface area (Å²) in [5.41, 5.74) is 5.55. The van der Waals surface area contributed by atoms with Gasteiger partial charge in [-0.05, 0) is 18.2 Å². The molecule has 0 radical (unpaired) electrons. The van der Waals surface area contributed by atoms with Crippen molar-refractivity contribution in [3.63, 3.8) is 0 Å². The molecular weight excluding hydrogens is 309 g/mol. The number of rotatable bonds is 2. The van der Waals surface area contributed by atoms with Crippen molar-refractivity contribution in [2.24, 2.45) is 5.73 Å². The Balaban J connectivity index is 2.80. The summed E-state index contributed by atoms with van der Waals surface area (Å²) in [6.45, 7) is 0. The molecule has 2 aromatic rings. The molecule has 0 unspecified atom stereocenters. The maximum atomic E-state index is 11.3. The number of benzene rings is 1. The van der Waals surface area contributed by atoms with E-state index in [2.05, 4.69) is 0 Å². The molecule has 0 bridgehead atoms. The summed E-state index contributed by atoms with van der Waals surface area (Å²) in [6, 6.07) is 6.30. The van der Waals surface area contributed by atoms with Crippen LogP contribution in [0.15, 0.2) is 30.5 Å². The van der Waals surface area contributed by atoms with Crippen LogP contribution >= 0.6 is 34.8 Å². The molecule has 0 spiro atoms. The summed E-state index contributed by atoms with van der Waals surface area (Å²) >= 11 is 17.9. The molecule has 3 N–H and O–H groups in total. The molecule has 98 valence electrons. The van der Waals surface area contributed by atoms with Crippen LogP contribution in [0.5, 0.6) is 0 Å². The van der Waals surface area contributed by atoms with Gasteiger partial charge < -0.3 is 5.73 Å². The second-order valence-corrected chi connectivity index (χ2v) is 4.95. The van der Waals surface area contributed by atoms with E-state index >= 15 is 0 Å². The molecule has 0 aliphatic carbocycles. The van der Waals surface area contributed by atoms with E-state index in [1.54, 1.807) is 18.2 Å². The second-order valence-electron chi connectivity index (χ2n) is 3.73. The summed E-state index contributed by atoms with van der Waals surface area (Å²) in [5, 5.41) is 8.85. The lowest BCUT2D eigenvalue weighted by atomic mass is 10.2. The van der Waals surface area contributed by atoms with Gasteiger partial charge in [-0.3, -0.25) is 14.8 Å². The standard InChI is InChI=1S/C12H8Cl3N3O/c13-6-4-7(12(17)19)11(16)18(5-6)9-3-1-2-8(14)10(9)15/h1-5,16H,(H2,17,19). The van der Waals surface area contributed by atoms with Gasteiger partial charge >= 0.3 is 0 Å². The maximum Gasteiger partial charge on any atom is 0.252 e. The van der Waals surface area contributed by atoms with Crippen LogP contribution in [0.4, 0.5) is 0 Å². The SMILES string of the molecule is N=c1c(C(N)=O)cc(Cl)cn1-c1cccc(Cl)c1Cl. The Bertz CT molecular complexity index is 725. The lowest BCUT2D eigenvalue weighted by Gasteiger charge is -2.12. The van der Waals surface area contributed by atoms with Crippen molar-refractivity contribution in [1.29, 1.82) is 5.41 Å². The van der Waals surface area contributed by atoms with E-state index in [9.17, 15) is 4.79 Å². The van der Waals surface area contributed by atoms with Crippen LogP contribution in [0.25, 0.3) is 5.69 Å². The average Bonchev–Trinajstić information content (AvgIpc) is 2.35. The van der Waals surface area contributed by atoms with Crippen LogP contribution in [0.1, 0.15) is 10.4 Å². The molecular formula is C12H8Cl3N3O. The third-order valence-corrected chi connectivity index (χ3v) is 3.50. The van der Waals surface area contributed by atoms with Crippen LogP contribution < -0.4 is 11.2 Å². The highest BCUT2D eigenvalue weighted by Gasteiger charge is 2.12. The predicted octanol–water partition coefficient (Wildman–Crippen LogP) is 3.02. The molecule has 0 saturated heterocycles. The molecule has 0 aliphatic rings. The van der Waals surface area contributed by atoms with Gasteiger partial charge in [0.25, 0.3) is 5.91 Å². The normalized spacial score (nSPS) is 10.5. The quantitative estimate of drug-likeness (QED) is 0.878. The number of hydrogen-bond acceptors (Lipinski definition) is 2. The highest BCUT2D eigenvalue weighted by molar-refractivity contribution is 6.43. The summed E-state index contributed by atoms with van der Waals surface area (Å²) in [7, 11) is 0. The van der Waals surface area contributed by atoms with Crippen LogP contribution in [0.2, 0.25) is 15.1 Å². The van der Waals surface area contributed by atoms with Gasteiger partial charge in [-0.2, -0.15) is 0 Å². The number of amides is 1. The number of nitrogens with two attached hydrogens (primary N) is 1. The lowest BCUT2D eigenvalue weighted by Crippen LogP contribution is -2.28. The van der Waals surface area contributed by atoms with Gasteiger partial charge in [-0.25, -0.2) is 0 Å². The smallest absolute Gasteiger partial charge is 0.252 e. The van der Waals surface area contributed by atoms with E-state index in [4.69, 9.17) is 45.9 Å². The van der Waals surface area contributed by atoms with E-state index in [0.717, 1.165) is 0 Å². The van der Waals surface area contributed by atoms with Gasteiger partial charge in [-0.15, -0.1) is 0 Å².